The van der Waals surface area contributed by atoms with Gasteiger partial charge in [0.2, 0.25) is 0 Å². The number of carbonyl (C=O) groups is 1. The molecule has 1 aromatic carbocycles. The van der Waals surface area contributed by atoms with Crippen LogP contribution in [0, 0.1) is 6.92 Å². The second-order valence-corrected chi connectivity index (χ2v) is 7.65. The average Bonchev–Trinajstić information content (AvgIpc) is 3.26. The van der Waals surface area contributed by atoms with Gasteiger partial charge in [0.1, 0.15) is 9.88 Å². The number of nitrogens with zero attached hydrogens (tertiary/aromatic N) is 1. The Morgan fingerprint density at radius 3 is 2.91 bits per heavy atom. The Bertz CT molecular complexity index is 865. The molecule has 2 heterocycles. The number of nitrogens with one attached hydrogen (secondary N) is 1. The molecule has 1 aliphatic carbocycles. The van der Waals surface area contributed by atoms with Gasteiger partial charge >= 0.3 is 0 Å². The quantitative estimate of drug-likeness (QED) is 0.735. The van der Waals surface area contributed by atoms with Crippen LogP contribution in [0.5, 0.6) is 0 Å². The van der Waals surface area contributed by atoms with Crippen molar-refractivity contribution < 1.29 is 4.79 Å². The fourth-order valence-electron chi connectivity index (χ4n) is 2.95. The number of thiazole rings is 1. The lowest BCUT2D eigenvalue weighted by Gasteiger charge is -2.06. The largest absolute Gasteiger partial charge is 0.321 e. The second kappa shape index (κ2) is 5.91. The lowest BCUT2D eigenvalue weighted by molar-refractivity contribution is 0.103. The fourth-order valence-corrected chi connectivity index (χ4v) is 4.71. The van der Waals surface area contributed by atoms with E-state index in [1.54, 1.807) is 11.3 Å². The van der Waals surface area contributed by atoms with Gasteiger partial charge < -0.3 is 5.32 Å². The third-order valence-corrected chi connectivity index (χ3v) is 6.29. The maximum atomic E-state index is 12.6. The number of fused-ring (bicyclic) bond motifs is 1. The summed E-state index contributed by atoms with van der Waals surface area (Å²) in [6.07, 6.45) is 3.48. The molecule has 2 aromatic heterocycles. The van der Waals surface area contributed by atoms with Crippen molar-refractivity contribution in [2.45, 2.75) is 26.2 Å². The highest BCUT2D eigenvalue weighted by Crippen LogP contribution is 2.32. The molecule has 116 valence electrons. The maximum Gasteiger partial charge on any atom is 0.267 e. The van der Waals surface area contributed by atoms with Crippen LogP contribution in [-0.2, 0) is 12.8 Å². The number of aryl methyl sites for hydroxylation is 3. The molecule has 0 saturated carbocycles. The van der Waals surface area contributed by atoms with E-state index in [4.69, 9.17) is 0 Å². The molecule has 1 amide bonds. The normalized spacial score (nSPS) is 13.1. The summed E-state index contributed by atoms with van der Waals surface area (Å²) < 4.78 is 0. The summed E-state index contributed by atoms with van der Waals surface area (Å²) in [5.41, 5.74) is 4.44. The van der Waals surface area contributed by atoms with Gasteiger partial charge in [-0.1, -0.05) is 12.1 Å². The first-order valence-electron chi connectivity index (χ1n) is 7.65. The number of hydrogen-bond acceptors (Lipinski definition) is 4. The fraction of sp³-hybridized carbons (Fsp3) is 0.222. The van der Waals surface area contributed by atoms with E-state index in [1.165, 1.54) is 28.9 Å². The molecule has 23 heavy (non-hydrogen) atoms. The molecule has 4 rings (SSSR count). The number of hydrogen-bond donors (Lipinski definition) is 1. The van der Waals surface area contributed by atoms with Crippen LogP contribution in [-0.4, -0.2) is 10.9 Å². The number of aromatic nitrogens is 1. The first kappa shape index (κ1) is 14.6. The molecule has 1 N–H and O–H groups in total. The summed E-state index contributed by atoms with van der Waals surface area (Å²) in [5, 5.41) is 5.96. The minimum atomic E-state index is -0.0687. The molecule has 0 bridgehead atoms. The van der Waals surface area contributed by atoms with Crippen LogP contribution in [0.1, 0.15) is 32.9 Å². The van der Waals surface area contributed by atoms with Crippen LogP contribution in [0.3, 0.4) is 0 Å². The van der Waals surface area contributed by atoms with Crippen molar-refractivity contribution in [1.29, 1.82) is 0 Å². The smallest absolute Gasteiger partial charge is 0.267 e. The Balaban J connectivity index is 1.57. The van der Waals surface area contributed by atoms with Gasteiger partial charge in [-0.05, 0) is 60.9 Å². The van der Waals surface area contributed by atoms with Gasteiger partial charge in [0.25, 0.3) is 5.91 Å². The van der Waals surface area contributed by atoms with Gasteiger partial charge in [-0.25, -0.2) is 4.98 Å². The lowest BCUT2D eigenvalue weighted by Crippen LogP contribution is -2.11. The highest BCUT2D eigenvalue weighted by atomic mass is 32.1. The van der Waals surface area contributed by atoms with E-state index in [2.05, 4.69) is 22.4 Å². The summed E-state index contributed by atoms with van der Waals surface area (Å²) in [6, 6.07) is 10.3. The topological polar surface area (TPSA) is 42.0 Å². The van der Waals surface area contributed by atoms with Gasteiger partial charge in [-0.2, -0.15) is 0 Å². The third-order valence-electron chi connectivity index (χ3n) is 4.09. The second-order valence-electron chi connectivity index (χ2n) is 5.70. The number of anilines is 1. The van der Waals surface area contributed by atoms with E-state index in [1.807, 2.05) is 30.5 Å². The molecule has 0 atom stereocenters. The summed E-state index contributed by atoms with van der Waals surface area (Å²) in [6.45, 7) is 1.89. The zero-order valence-corrected chi connectivity index (χ0v) is 14.4. The predicted octanol–water partition coefficient (Wildman–Crippen LogP) is 4.92. The number of carbonyl (C=O) groups excluding carboxylic acids is 1. The van der Waals surface area contributed by atoms with Crippen molar-refractivity contribution in [3.05, 3.63) is 57.4 Å². The van der Waals surface area contributed by atoms with Crippen LogP contribution in [0.15, 0.2) is 35.7 Å². The van der Waals surface area contributed by atoms with Crippen LogP contribution in [0.2, 0.25) is 0 Å². The van der Waals surface area contributed by atoms with Crippen LogP contribution in [0.4, 0.5) is 5.69 Å². The SMILES string of the molecule is Cc1nc(-c2cccs2)sc1C(=O)Nc1ccc2c(c1)CCC2. The predicted molar refractivity (Wildman–Crippen MR) is 96.6 cm³/mol. The van der Waals surface area contributed by atoms with Crippen molar-refractivity contribution in [3.63, 3.8) is 0 Å². The van der Waals surface area contributed by atoms with Crippen molar-refractivity contribution >= 4 is 34.3 Å². The van der Waals surface area contributed by atoms with E-state index in [9.17, 15) is 4.79 Å². The number of thiophene rings is 1. The molecule has 3 aromatic rings. The van der Waals surface area contributed by atoms with Crippen molar-refractivity contribution in [2.75, 3.05) is 5.32 Å². The van der Waals surface area contributed by atoms with Crippen molar-refractivity contribution in [1.82, 2.24) is 4.98 Å². The van der Waals surface area contributed by atoms with Gasteiger partial charge in [0.05, 0.1) is 10.6 Å². The highest BCUT2D eigenvalue weighted by molar-refractivity contribution is 7.22. The summed E-state index contributed by atoms with van der Waals surface area (Å²) >= 11 is 3.10. The molecule has 3 nitrogen and oxygen atoms in total. The third kappa shape index (κ3) is 2.82. The minimum absolute atomic E-state index is 0.0687. The Hall–Kier alpha value is -1.98. The highest BCUT2D eigenvalue weighted by Gasteiger charge is 2.18. The molecule has 0 spiro atoms. The Morgan fingerprint density at radius 2 is 2.09 bits per heavy atom. The molecular weight excluding hydrogens is 324 g/mol. The molecule has 0 radical (unpaired) electrons. The van der Waals surface area contributed by atoms with Crippen LogP contribution >= 0.6 is 22.7 Å². The first-order valence-corrected chi connectivity index (χ1v) is 9.35. The molecule has 5 heteroatoms. The Labute approximate surface area is 143 Å². The van der Waals surface area contributed by atoms with E-state index >= 15 is 0 Å². The molecule has 0 saturated heterocycles. The molecular formula is C18H16N2OS2. The van der Waals surface area contributed by atoms with E-state index in [-0.39, 0.29) is 5.91 Å². The number of amides is 1. The zero-order chi connectivity index (χ0) is 15.8. The number of benzene rings is 1. The molecule has 0 fully saturated rings. The van der Waals surface area contributed by atoms with Gasteiger partial charge in [0, 0.05) is 5.69 Å². The first-order chi connectivity index (χ1) is 11.2. The molecule has 0 unspecified atom stereocenters. The lowest BCUT2D eigenvalue weighted by atomic mass is 10.1. The van der Waals surface area contributed by atoms with E-state index in [0.29, 0.717) is 4.88 Å². The maximum absolute atomic E-state index is 12.6. The summed E-state index contributed by atoms with van der Waals surface area (Å²) in [7, 11) is 0. The number of rotatable bonds is 3. The standard InChI is InChI=1S/C18H16N2OS2/c1-11-16(23-18(19-11)15-6-3-9-22-15)17(21)20-14-8-7-12-4-2-5-13(12)10-14/h3,6-10H,2,4-5H2,1H3,(H,20,21). The van der Waals surface area contributed by atoms with Crippen molar-refractivity contribution in [3.8, 4) is 9.88 Å². The summed E-state index contributed by atoms with van der Waals surface area (Å²) in [4.78, 5) is 18.9. The van der Waals surface area contributed by atoms with Crippen LogP contribution in [0.25, 0.3) is 9.88 Å². The minimum Gasteiger partial charge on any atom is -0.321 e. The van der Waals surface area contributed by atoms with E-state index < -0.39 is 0 Å². The Kier molecular flexibility index (Phi) is 3.75. The van der Waals surface area contributed by atoms with Crippen molar-refractivity contribution in [2.24, 2.45) is 0 Å². The van der Waals surface area contributed by atoms with Crippen LogP contribution < -0.4 is 5.32 Å². The summed E-state index contributed by atoms with van der Waals surface area (Å²) in [5.74, 6) is -0.0687. The van der Waals surface area contributed by atoms with Gasteiger partial charge in [-0.15, -0.1) is 22.7 Å². The average molecular weight is 340 g/mol. The monoisotopic (exact) mass is 340 g/mol. The molecule has 0 aliphatic heterocycles. The Morgan fingerprint density at radius 1 is 1.22 bits per heavy atom. The van der Waals surface area contributed by atoms with Gasteiger partial charge in [-0.3, -0.25) is 4.79 Å². The zero-order valence-electron chi connectivity index (χ0n) is 12.8. The van der Waals surface area contributed by atoms with Gasteiger partial charge in [0.15, 0.2) is 0 Å². The molecule has 1 aliphatic rings. The van der Waals surface area contributed by atoms with E-state index in [0.717, 1.165) is 34.1 Å².